The number of hydrogen-bond acceptors (Lipinski definition) is 3. The summed E-state index contributed by atoms with van der Waals surface area (Å²) in [4.78, 5) is 17.1. The van der Waals surface area contributed by atoms with Crippen LogP contribution in [0.25, 0.3) is 0 Å². The van der Waals surface area contributed by atoms with Gasteiger partial charge in [0.1, 0.15) is 0 Å². The minimum Gasteiger partial charge on any atom is -0.373 e. The molecule has 7 heteroatoms. The Morgan fingerprint density at radius 3 is 2.53 bits per heavy atom. The SMILES string of the molecule is CCNC(=NCC1CCCOC1c1ccc(C)cc1)NCCC(=O)NC1CCCCC1.I. The maximum atomic E-state index is 12.3. The first-order valence-electron chi connectivity index (χ1n) is 12.2. The van der Waals surface area contributed by atoms with Gasteiger partial charge in [0.2, 0.25) is 5.91 Å². The third-order valence-corrected chi connectivity index (χ3v) is 6.29. The molecule has 2 aliphatic rings. The molecule has 2 unspecified atom stereocenters. The highest BCUT2D eigenvalue weighted by Gasteiger charge is 2.27. The number of aryl methyl sites for hydroxylation is 1. The van der Waals surface area contributed by atoms with Gasteiger partial charge in [0.15, 0.2) is 5.96 Å². The van der Waals surface area contributed by atoms with E-state index >= 15 is 0 Å². The molecule has 2 atom stereocenters. The molecular weight excluding hydrogens is 515 g/mol. The number of nitrogens with one attached hydrogen (secondary N) is 3. The largest absolute Gasteiger partial charge is 0.373 e. The first-order valence-corrected chi connectivity index (χ1v) is 12.2. The van der Waals surface area contributed by atoms with E-state index in [2.05, 4.69) is 54.1 Å². The van der Waals surface area contributed by atoms with Gasteiger partial charge in [-0.05, 0) is 45.1 Å². The smallest absolute Gasteiger partial charge is 0.221 e. The molecule has 6 nitrogen and oxygen atoms in total. The van der Waals surface area contributed by atoms with Crippen molar-refractivity contribution in [1.82, 2.24) is 16.0 Å². The second kappa shape index (κ2) is 14.7. The molecule has 1 saturated carbocycles. The maximum absolute atomic E-state index is 12.3. The molecule has 3 rings (SSSR count). The van der Waals surface area contributed by atoms with Crippen molar-refractivity contribution in [3.8, 4) is 0 Å². The Hall–Kier alpha value is -1.35. The van der Waals surface area contributed by atoms with Gasteiger partial charge in [0.25, 0.3) is 0 Å². The molecule has 0 spiro atoms. The molecule has 1 heterocycles. The van der Waals surface area contributed by atoms with Gasteiger partial charge in [0.05, 0.1) is 6.10 Å². The molecule has 180 valence electrons. The van der Waals surface area contributed by atoms with Crippen LogP contribution in [-0.4, -0.2) is 44.1 Å². The van der Waals surface area contributed by atoms with Crippen LogP contribution >= 0.6 is 24.0 Å². The fraction of sp³-hybridized carbons (Fsp3) is 0.680. The van der Waals surface area contributed by atoms with Crippen LogP contribution in [0.3, 0.4) is 0 Å². The molecule has 3 N–H and O–H groups in total. The highest BCUT2D eigenvalue weighted by molar-refractivity contribution is 14.0. The zero-order valence-electron chi connectivity index (χ0n) is 19.7. The van der Waals surface area contributed by atoms with Crippen LogP contribution in [0, 0.1) is 12.8 Å². The molecule has 0 radical (unpaired) electrons. The van der Waals surface area contributed by atoms with Crippen LogP contribution in [0.4, 0.5) is 0 Å². The zero-order valence-corrected chi connectivity index (χ0v) is 22.0. The normalized spacial score (nSPS) is 22.0. The Balaban J connectivity index is 0.00000363. The Morgan fingerprint density at radius 2 is 1.81 bits per heavy atom. The maximum Gasteiger partial charge on any atom is 0.221 e. The predicted octanol–water partition coefficient (Wildman–Crippen LogP) is 4.47. The molecule has 0 bridgehead atoms. The van der Waals surface area contributed by atoms with Gasteiger partial charge in [0, 0.05) is 44.6 Å². The van der Waals surface area contributed by atoms with E-state index in [1.165, 1.54) is 30.4 Å². The number of nitrogens with zero attached hydrogens (tertiary/aromatic N) is 1. The standard InChI is InChI=1S/C25H40N4O2.HI/c1-3-26-25(27-16-15-23(30)29-22-9-5-4-6-10-22)28-18-21-8-7-17-31-24(21)20-13-11-19(2)12-14-20;/h11-14,21-22,24H,3-10,15-18H2,1-2H3,(H,29,30)(H2,26,27,28);1H. The van der Waals surface area contributed by atoms with Crippen LogP contribution < -0.4 is 16.0 Å². The minimum atomic E-state index is 0. The van der Waals surface area contributed by atoms with Crippen molar-refractivity contribution < 1.29 is 9.53 Å². The third-order valence-electron chi connectivity index (χ3n) is 6.29. The number of ether oxygens (including phenoxy) is 1. The second-order valence-corrected chi connectivity index (χ2v) is 8.90. The van der Waals surface area contributed by atoms with Crippen molar-refractivity contribution in [2.45, 2.75) is 77.4 Å². The predicted molar refractivity (Wildman–Crippen MR) is 142 cm³/mol. The van der Waals surface area contributed by atoms with Crippen molar-refractivity contribution >= 4 is 35.8 Å². The molecule has 32 heavy (non-hydrogen) atoms. The Bertz CT molecular complexity index is 704. The van der Waals surface area contributed by atoms with Crippen molar-refractivity contribution in [1.29, 1.82) is 0 Å². The second-order valence-electron chi connectivity index (χ2n) is 8.90. The molecule has 1 aromatic rings. The number of guanidine groups is 1. The number of hydrogen-bond donors (Lipinski definition) is 3. The highest BCUT2D eigenvalue weighted by atomic mass is 127. The fourth-order valence-electron chi connectivity index (χ4n) is 4.55. The van der Waals surface area contributed by atoms with Gasteiger partial charge in [-0.3, -0.25) is 9.79 Å². The first-order chi connectivity index (χ1) is 15.2. The number of amides is 1. The van der Waals surface area contributed by atoms with E-state index in [-0.39, 0.29) is 36.0 Å². The van der Waals surface area contributed by atoms with E-state index in [4.69, 9.17) is 9.73 Å². The average Bonchev–Trinajstić information content (AvgIpc) is 2.79. The van der Waals surface area contributed by atoms with Gasteiger partial charge in [-0.25, -0.2) is 0 Å². The number of aliphatic imine (C=N–C) groups is 1. The van der Waals surface area contributed by atoms with E-state index in [9.17, 15) is 4.79 Å². The lowest BCUT2D eigenvalue weighted by molar-refractivity contribution is -0.121. The molecule has 2 fully saturated rings. The molecule has 1 aromatic carbocycles. The number of carbonyl (C=O) groups is 1. The van der Waals surface area contributed by atoms with Crippen LogP contribution in [0.1, 0.15) is 75.5 Å². The van der Waals surface area contributed by atoms with Gasteiger partial charge in [-0.15, -0.1) is 24.0 Å². The summed E-state index contributed by atoms with van der Waals surface area (Å²) < 4.78 is 6.13. The fourth-order valence-corrected chi connectivity index (χ4v) is 4.55. The number of rotatable bonds is 8. The van der Waals surface area contributed by atoms with Gasteiger partial charge in [-0.1, -0.05) is 49.1 Å². The van der Waals surface area contributed by atoms with E-state index in [0.717, 1.165) is 44.8 Å². The lowest BCUT2D eigenvalue weighted by Crippen LogP contribution is -2.41. The quantitative estimate of drug-likeness (QED) is 0.251. The van der Waals surface area contributed by atoms with Gasteiger partial charge >= 0.3 is 0 Å². The Kier molecular flexibility index (Phi) is 12.4. The van der Waals surface area contributed by atoms with E-state index < -0.39 is 0 Å². The highest BCUT2D eigenvalue weighted by Crippen LogP contribution is 2.34. The third kappa shape index (κ3) is 8.89. The van der Waals surface area contributed by atoms with Crippen molar-refractivity contribution in [2.24, 2.45) is 10.9 Å². The Morgan fingerprint density at radius 1 is 1.06 bits per heavy atom. The van der Waals surface area contributed by atoms with Gasteiger partial charge < -0.3 is 20.7 Å². The lowest BCUT2D eigenvalue weighted by atomic mass is 9.89. The molecule has 1 aliphatic carbocycles. The van der Waals surface area contributed by atoms with Crippen LogP contribution in [0.2, 0.25) is 0 Å². The topological polar surface area (TPSA) is 74.8 Å². The van der Waals surface area contributed by atoms with Crippen molar-refractivity contribution in [3.05, 3.63) is 35.4 Å². The van der Waals surface area contributed by atoms with E-state index in [1.54, 1.807) is 0 Å². The molecule has 0 aromatic heterocycles. The summed E-state index contributed by atoms with van der Waals surface area (Å²) in [6.07, 6.45) is 8.77. The summed E-state index contributed by atoms with van der Waals surface area (Å²) in [5.74, 6) is 1.28. The van der Waals surface area contributed by atoms with Crippen molar-refractivity contribution in [3.63, 3.8) is 0 Å². The summed E-state index contributed by atoms with van der Waals surface area (Å²) >= 11 is 0. The molecular formula is C25H41IN4O2. The van der Waals surface area contributed by atoms with Crippen LogP contribution in [0.15, 0.2) is 29.3 Å². The average molecular weight is 557 g/mol. The van der Waals surface area contributed by atoms with Crippen LogP contribution in [-0.2, 0) is 9.53 Å². The molecule has 1 amide bonds. The summed E-state index contributed by atoms with van der Waals surface area (Å²) in [5.41, 5.74) is 2.50. The molecule has 1 aliphatic heterocycles. The summed E-state index contributed by atoms with van der Waals surface area (Å²) in [6.45, 7) is 7.08. The monoisotopic (exact) mass is 556 g/mol. The van der Waals surface area contributed by atoms with Crippen molar-refractivity contribution in [2.75, 3.05) is 26.2 Å². The van der Waals surface area contributed by atoms with E-state index in [0.29, 0.717) is 31.5 Å². The van der Waals surface area contributed by atoms with Crippen LogP contribution in [0.5, 0.6) is 0 Å². The Labute approximate surface area is 210 Å². The molecule has 1 saturated heterocycles. The summed E-state index contributed by atoms with van der Waals surface area (Å²) in [7, 11) is 0. The lowest BCUT2D eigenvalue weighted by Gasteiger charge is -2.31. The number of benzene rings is 1. The zero-order chi connectivity index (χ0) is 21.9. The van der Waals surface area contributed by atoms with E-state index in [1.807, 2.05) is 0 Å². The van der Waals surface area contributed by atoms with Gasteiger partial charge in [-0.2, -0.15) is 0 Å². The number of halogens is 1. The minimum absolute atomic E-state index is 0. The first kappa shape index (κ1) is 26.9. The summed E-state index contributed by atoms with van der Waals surface area (Å²) in [6, 6.07) is 9.02. The number of carbonyl (C=O) groups excluding carboxylic acids is 1. The summed E-state index contributed by atoms with van der Waals surface area (Å²) in [5, 5.41) is 9.81.